The molecule has 0 aliphatic carbocycles. The maximum Gasteiger partial charge on any atom is 0.265 e. The molecule has 2 N–H and O–H groups in total. The van der Waals surface area contributed by atoms with Crippen molar-refractivity contribution < 1.29 is 9.84 Å². The maximum absolute atomic E-state index is 8.52. The number of hydrogen-bond donors (Lipinski definition) is 0. The Morgan fingerprint density at radius 3 is 2.61 bits per heavy atom. The first kappa shape index (κ1) is 15.9. The normalized spacial score (nSPS) is 14.8. The summed E-state index contributed by atoms with van der Waals surface area (Å²) in [5.41, 5.74) is 5.35. The van der Waals surface area contributed by atoms with E-state index < -0.39 is 0 Å². The Kier molecular flexibility index (Phi) is 4.09. The zero-order chi connectivity index (χ0) is 16.6. The lowest BCUT2D eigenvalue weighted by molar-refractivity contribution is 0.105. The highest BCUT2D eigenvalue weighted by atomic mass is 16.5. The highest BCUT2D eigenvalue weighted by molar-refractivity contribution is 5.82. The van der Waals surface area contributed by atoms with Gasteiger partial charge >= 0.3 is 0 Å². The summed E-state index contributed by atoms with van der Waals surface area (Å²) in [5, 5.41) is 8.52. The molecule has 0 amide bonds. The van der Waals surface area contributed by atoms with Crippen molar-refractivity contribution in [3.63, 3.8) is 0 Å². The molecule has 1 aliphatic rings. The third-order valence-electron chi connectivity index (χ3n) is 4.69. The molecule has 2 heteroatoms. The summed E-state index contributed by atoms with van der Waals surface area (Å²) in [6, 6.07) is 10.6. The lowest BCUT2D eigenvalue weighted by Crippen LogP contribution is -2.29. The van der Waals surface area contributed by atoms with Crippen LogP contribution < -0.4 is 4.74 Å². The molecule has 0 unspecified atom stereocenters. The van der Waals surface area contributed by atoms with Gasteiger partial charge in [0.2, 0.25) is 0 Å². The molecule has 1 heterocycles. The van der Waals surface area contributed by atoms with Crippen molar-refractivity contribution in [1.29, 1.82) is 0 Å². The Morgan fingerprint density at radius 1 is 1.09 bits per heavy atom. The summed E-state index contributed by atoms with van der Waals surface area (Å²) >= 11 is 0. The minimum atomic E-state index is -0.357. The van der Waals surface area contributed by atoms with Crippen molar-refractivity contribution in [2.45, 2.75) is 59.0 Å². The third-order valence-corrected chi connectivity index (χ3v) is 4.69. The lowest BCUT2D eigenvalue weighted by atomic mass is 9.84. The van der Waals surface area contributed by atoms with Crippen LogP contribution in [0, 0.1) is 6.92 Å². The van der Waals surface area contributed by atoms with Gasteiger partial charge < -0.3 is 9.84 Å². The van der Waals surface area contributed by atoms with Gasteiger partial charge in [-0.1, -0.05) is 43.5 Å². The second-order valence-corrected chi connectivity index (χ2v) is 7.14. The Morgan fingerprint density at radius 2 is 1.87 bits per heavy atom. The van der Waals surface area contributed by atoms with Crippen LogP contribution in [0.15, 0.2) is 30.3 Å². The molecule has 0 fully saturated rings. The van der Waals surface area contributed by atoms with Gasteiger partial charge in [0.1, 0.15) is 16.9 Å². The molecule has 0 atom stereocenters. The second-order valence-electron chi connectivity index (χ2n) is 7.14. The number of benzene rings is 2. The molecule has 122 valence electrons. The number of aryl methyl sites for hydroxylation is 2. The topological polar surface area (TPSA) is 32.1 Å². The van der Waals surface area contributed by atoms with Crippen LogP contribution in [0.3, 0.4) is 0 Å². The van der Waals surface area contributed by atoms with Crippen LogP contribution in [0.4, 0.5) is 0 Å². The summed E-state index contributed by atoms with van der Waals surface area (Å²) in [7, 11) is 0. The largest absolute Gasteiger partial charge is 0.593 e. The fourth-order valence-corrected chi connectivity index (χ4v) is 3.47. The molecule has 1 aliphatic heterocycles. The van der Waals surface area contributed by atoms with Gasteiger partial charge in [0.15, 0.2) is 0 Å². The highest BCUT2D eigenvalue weighted by Gasteiger charge is 2.35. The first-order valence-electron chi connectivity index (χ1n) is 8.61. The number of hydrogen-bond acceptors (Lipinski definition) is 1. The molecule has 0 saturated heterocycles. The number of fused-ring (bicyclic) bond motifs is 3. The third kappa shape index (κ3) is 2.95. The van der Waals surface area contributed by atoms with Gasteiger partial charge in [-0.05, 0) is 45.2 Å². The number of rotatable bonds is 4. The van der Waals surface area contributed by atoms with Gasteiger partial charge in [0.05, 0.1) is 0 Å². The van der Waals surface area contributed by atoms with Crippen LogP contribution >= 0.6 is 0 Å². The predicted octanol–water partition coefficient (Wildman–Crippen LogP) is 5.46. The van der Waals surface area contributed by atoms with E-state index in [0.29, 0.717) is 5.75 Å². The average Bonchev–Trinajstić information content (AvgIpc) is 2.46. The van der Waals surface area contributed by atoms with Crippen LogP contribution in [0.2, 0.25) is 0 Å². The number of ether oxygens (including phenoxy) is 1. The first-order chi connectivity index (χ1) is 10.9. The molecule has 2 nitrogen and oxygen atoms in total. The van der Waals surface area contributed by atoms with Crippen LogP contribution in [0.1, 0.15) is 56.7 Å². The summed E-state index contributed by atoms with van der Waals surface area (Å²) in [6.45, 7) is 8.54. The van der Waals surface area contributed by atoms with E-state index in [4.69, 9.17) is 9.84 Å². The van der Waals surface area contributed by atoms with Gasteiger partial charge in [-0.15, -0.1) is 0 Å². The van der Waals surface area contributed by atoms with Crippen LogP contribution in [0.25, 0.3) is 11.1 Å². The maximum atomic E-state index is 8.52. The minimum absolute atomic E-state index is 0.357. The van der Waals surface area contributed by atoms with Crippen LogP contribution in [0.5, 0.6) is 11.5 Å². The summed E-state index contributed by atoms with van der Waals surface area (Å²) in [5.74, 6) is 1.45. The van der Waals surface area contributed by atoms with E-state index in [2.05, 4.69) is 52.0 Å². The first-order valence-corrected chi connectivity index (χ1v) is 8.61. The van der Waals surface area contributed by atoms with Gasteiger partial charge in [-0.2, -0.15) is 0 Å². The Bertz CT molecular complexity index is 729. The molecule has 0 radical (unpaired) electrons. The standard InChI is InChI=1S/C21H26O2/c1-5-6-7-8-15-12-18(22)20-16-11-14(2)9-10-17(16)21(3,4)23-19(20)13-15/h9-13,22H,5-8H2,1-4H3/p+1. The quantitative estimate of drug-likeness (QED) is 0.545. The van der Waals surface area contributed by atoms with E-state index in [1.54, 1.807) is 0 Å². The molecular formula is C21H27O2+. The summed E-state index contributed by atoms with van der Waals surface area (Å²) in [6.07, 6.45) is 4.65. The molecule has 0 saturated carbocycles. The van der Waals surface area contributed by atoms with Crippen LogP contribution in [-0.4, -0.2) is 5.11 Å². The smallest absolute Gasteiger partial charge is 0.265 e. The van der Waals surface area contributed by atoms with E-state index in [-0.39, 0.29) is 5.60 Å². The molecule has 2 aromatic rings. The summed E-state index contributed by atoms with van der Waals surface area (Å²) in [4.78, 5) is 0. The van der Waals surface area contributed by atoms with E-state index >= 15 is 0 Å². The summed E-state index contributed by atoms with van der Waals surface area (Å²) < 4.78 is 6.29. The zero-order valence-corrected chi connectivity index (χ0v) is 14.6. The van der Waals surface area contributed by atoms with Crippen molar-refractivity contribution in [3.05, 3.63) is 47.0 Å². The van der Waals surface area contributed by atoms with Crippen LogP contribution in [-0.2, 0) is 12.0 Å². The Hall–Kier alpha value is -1.96. The molecule has 3 rings (SSSR count). The Balaban J connectivity index is 2.09. The molecule has 23 heavy (non-hydrogen) atoms. The van der Waals surface area contributed by atoms with E-state index in [9.17, 15) is 0 Å². The van der Waals surface area contributed by atoms with Gasteiger partial charge in [-0.3, -0.25) is 0 Å². The van der Waals surface area contributed by atoms with Gasteiger partial charge in [-0.25, -0.2) is 0 Å². The van der Waals surface area contributed by atoms with E-state index in [0.717, 1.165) is 23.3 Å². The minimum Gasteiger partial charge on any atom is -0.593 e. The molecule has 2 aromatic carbocycles. The van der Waals surface area contributed by atoms with Gasteiger partial charge in [0, 0.05) is 17.2 Å². The zero-order valence-electron chi connectivity index (χ0n) is 14.6. The average molecular weight is 311 g/mol. The SMILES string of the molecule is CCCCCc1cc([OH2+])c2c(c1)OC(C)(C)c1ccc(C)cc1-2. The second kappa shape index (κ2) is 5.92. The monoisotopic (exact) mass is 311 g/mol. The van der Waals surface area contributed by atoms with Crippen molar-refractivity contribution >= 4 is 0 Å². The lowest BCUT2D eigenvalue weighted by Gasteiger charge is -2.35. The Labute approximate surface area is 139 Å². The van der Waals surface area contributed by atoms with Crippen molar-refractivity contribution in [1.82, 2.24) is 0 Å². The van der Waals surface area contributed by atoms with Crippen molar-refractivity contribution in [2.75, 3.05) is 0 Å². The highest BCUT2D eigenvalue weighted by Crippen LogP contribution is 2.49. The predicted molar refractivity (Wildman–Crippen MR) is 96.6 cm³/mol. The van der Waals surface area contributed by atoms with Crippen molar-refractivity contribution in [2.24, 2.45) is 0 Å². The molecule has 0 bridgehead atoms. The van der Waals surface area contributed by atoms with Gasteiger partial charge in [0.25, 0.3) is 5.75 Å². The van der Waals surface area contributed by atoms with Crippen molar-refractivity contribution in [3.8, 4) is 22.6 Å². The fourth-order valence-electron chi connectivity index (χ4n) is 3.47. The van der Waals surface area contributed by atoms with E-state index in [1.807, 2.05) is 6.07 Å². The molecular weight excluding hydrogens is 284 g/mol. The number of unbranched alkanes of at least 4 members (excludes halogenated alkanes) is 2. The molecule has 0 spiro atoms. The fraction of sp³-hybridized carbons (Fsp3) is 0.429. The molecule has 0 aromatic heterocycles. The van der Waals surface area contributed by atoms with E-state index in [1.165, 1.54) is 36.0 Å².